The summed E-state index contributed by atoms with van der Waals surface area (Å²) < 4.78 is 0. The van der Waals surface area contributed by atoms with Gasteiger partial charge in [-0.05, 0) is 12.8 Å². The molecule has 0 bridgehead atoms. The molecule has 0 heterocycles. The molecule has 0 N–H and O–H groups in total. The average Bonchev–Trinajstić information content (AvgIpc) is 2.03. The highest BCUT2D eigenvalue weighted by molar-refractivity contribution is 6.78. The third-order valence-corrected chi connectivity index (χ3v) is 4.17. The molecule has 2 heteroatoms. The van der Waals surface area contributed by atoms with Crippen molar-refractivity contribution in [3.05, 3.63) is 0 Å². The van der Waals surface area contributed by atoms with Gasteiger partial charge in [0.15, 0.2) is 0 Å². The van der Waals surface area contributed by atoms with Crippen LogP contribution in [0.25, 0.3) is 0 Å². The first-order chi connectivity index (χ1) is 5.99. The van der Waals surface area contributed by atoms with Crippen molar-refractivity contribution in [3.8, 4) is 0 Å². The summed E-state index contributed by atoms with van der Waals surface area (Å²) in [6.45, 7) is 6.86. The highest BCUT2D eigenvalue weighted by Gasteiger charge is 2.25. The van der Waals surface area contributed by atoms with Crippen LogP contribution in [0.3, 0.4) is 0 Å². The van der Waals surface area contributed by atoms with Gasteiger partial charge < -0.3 is 0 Å². The number of carbonyl (C=O) groups is 1. The summed E-state index contributed by atoms with van der Waals surface area (Å²) in [7, 11) is -1.15. The third kappa shape index (κ3) is 4.07. The molecule has 0 unspecified atom stereocenters. The summed E-state index contributed by atoms with van der Waals surface area (Å²) >= 11 is 0. The highest BCUT2D eigenvalue weighted by atomic mass is 28.3. The molecule has 1 saturated carbocycles. The van der Waals surface area contributed by atoms with Gasteiger partial charge in [0.2, 0.25) is 0 Å². The van der Waals surface area contributed by atoms with Crippen molar-refractivity contribution in [3.63, 3.8) is 0 Å². The van der Waals surface area contributed by atoms with Crippen LogP contribution in [-0.2, 0) is 4.79 Å². The zero-order valence-electron chi connectivity index (χ0n) is 9.23. The van der Waals surface area contributed by atoms with E-state index in [1.54, 1.807) is 0 Å². The Balaban J connectivity index is 2.38. The Kier molecular flexibility index (Phi) is 3.71. The van der Waals surface area contributed by atoms with Crippen LogP contribution in [0, 0.1) is 5.92 Å². The lowest BCUT2D eigenvalue weighted by atomic mass is 9.87. The quantitative estimate of drug-likeness (QED) is 0.635. The highest BCUT2D eigenvalue weighted by Crippen LogP contribution is 2.27. The maximum atomic E-state index is 11.8. The van der Waals surface area contributed by atoms with Crippen LogP contribution in [0.1, 0.15) is 32.1 Å². The molecule has 0 amide bonds. The summed E-state index contributed by atoms with van der Waals surface area (Å²) in [5.74, 6) is 0.999. The van der Waals surface area contributed by atoms with Crippen LogP contribution >= 0.6 is 0 Å². The number of ketones is 1. The molecule has 13 heavy (non-hydrogen) atoms. The predicted molar refractivity (Wildman–Crippen MR) is 59.7 cm³/mol. The molecular weight excluding hydrogens is 176 g/mol. The van der Waals surface area contributed by atoms with E-state index < -0.39 is 8.07 Å². The van der Waals surface area contributed by atoms with E-state index in [2.05, 4.69) is 19.6 Å². The molecule has 1 aliphatic carbocycles. The van der Waals surface area contributed by atoms with Crippen LogP contribution in [0.2, 0.25) is 25.7 Å². The molecule has 1 rings (SSSR count). The molecule has 0 saturated heterocycles. The van der Waals surface area contributed by atoms with Crippen LogP contribution in [0.4, 0.5) is 0 Å². The fourth-order valence-electron chi connectivity index (χ4n) is 2.09. The van der Waals surface area contributed by atoms with Gasteiger partial charge in [-0.2, -0.15) is 0 Å². The van der Waals surface area contributed by atoms with Crippen molar-refractivity contribution in [1.82, 2.24) is 0 Å². The number of Topliss-reactive ketones (excluding diaryl/α,β-unsaturated/α-hetero) is 1. The molecule has 0 aromatic rings. The van der Waals surface area contributed by atoms with Crippen LogP contribution in [0.15, 0.2) is 0 Å². The van der Waals surface area contributed by atoms with Crippen molar-refractivity contribution in [2.75, 3.05) is 0 Å². The van der Waals surface area contributed by atoms with Crippen molar-refractivity contribution in [2.24, 2.45) is 5.92 Å². The van der Waals surface area contributed by atoms with Crippen LogP contribution in [0.5, 0.6) is 0 Å². The molecule has 1 aliphatic rings. The van der Waals surface area contributed by atoms with E-state index in [0.29, 0.717) is 11.7 Å². The molecule has 76 valence electrons. The Morgan fingerprint density at radius 2 is 1.69 bits per heavy atom. The number of hydrogen-bond acceptors (Lipinski definition) is 1. The number of carbonyl (C=O) groups excluding carboxylic acids is 1. The lowest BCUT2D eigenvalue weighted by molar-refractivity contribution is -0.121. The maximum absolute atomic E-state index is 11.8. The van der Waals surface area contributed by atoms with Gasteiger partial charge in [0, 0.05) is 12.0 Å². The van der Waals surface area contributed by atoms with Gasteiger partial charge in [-0.25, -0.2) is 0 Å². The molecular formula is C11H22OSi. The van der Waals surface area contributed by atoms with Crippen molar-refractivity contribution in [2.45, 2.75) is 57.8 Å². The molecule has 0 atom stereocenters. The SMILES string of the molecule is C[Si](C)(C)CC(=O)C1CCCCC1. The minimum atomic E-state index is -1.15. The standard InChI is InChI=1S/C11H22OSi/c1-13(2,3)9-11(12)10-7-5-4-6-8-10/h10H,4-9H2,1-3H3. The molecule has 0 aromatic heterocycles. The second-order valence-electron chi connectivity index (χ2n) is 5.54. The molecule has 0 spiro atoms. The van der Waals surface area contributed by atoms with Gasteiger partial charge in [-0.1, -0.05) is 38.9 Å². The summed E-state index contributed by atoms with van der Waals surface area (Å²) in [6, 6.07) is 0.900. The zero-order chi connectivity index (χ0) is 9.90. The molecule has 1 fully saturated rings. The Bertz CT molecular complexity index is 175. The van der Waals surface area contributed by atoms with Crippen molar-refractivity contribution < 1.29 is 4.79 Å². The van der Waals surface area contributed by atoms with E-state index in [1.165, 1.54) is 32.1 Å². The fraction of sp³-hybridized carbons (Fsp3) is 0.909. The van der Waals surface area contributed by atoms with Gasteiger partial charge in [-0.15, -0.1) is 0 Å². The lowest BCUT2D eigenvalue weighted by Crippen LogP contribution is -2.28. The average molecular weight is 198 g/mol. The van der Waals surface area contributed by atoms with E-state index >= 15 is 0 Å². The molecule has 0 aromatic carbocycles. The van der Waals surface area contributed by atoms with Crippen LogP contribution in [-0.4, -0.2) is 13.9 Å². The fourth-order valence-corrected chi connectivity index (χ4v) is 3.43. The van der Waals surface area contributed by atoms with Gasteiger partial charge in [-0.3, -0.25) is 4.79 Å². The summed E-state index contributed by atoms with van der Waals surface area (Å²) in [5.41, 5.74) is 0. The van der Waals surface area contributed by atoms with E-state index in [4.69, 9.17) is 0 Å². The predicted octanol–water partition coefficient (Wildman–Crippen LogP) is 3.47. The van der Waals surface area contributed by atoms with Gasteiger partial charge in [0.25, 0.3) is 0 Å². The van der Waals surface area contributed by atoms with Crippen molar-refractivity contribution >= 4 is 13.9 Å². The van der Waals surface area contributed by atoms with E-state index in [0.717, 1.165) is 6.04 Å². The topological polar surface area (TPSA) is 17.1 Å². The first-order valence-corrected chi connectivity index (χ1v) is 9.22. The largest absolute Gasteiger partial charge is 0.300 e. The second kappa shape index (κ2) is 4.40. The molecule has 0 aliphatic heterocycles. The van der Waals surface area contributed by atoms with Crippen LogP contribution < -0.4 is 0 Å². The van der Waals surface area contributed by atoms with E-state index in [-0.39, 0.29) is 0 Å². The second-order valence-corrected chi connectivity index (χ2v) is 11.0. The number of rotatable bonds is 3. The van der Waals surface area contributed by atoms with E-state index in [1.807, 2.05) is 0 Å². The Labute approximate surface area is 82.9 Å². The first kappa shape index (κ1) is 11.0. The smallest absolute Gasteiger partial charge is 0.133 e. The minimum Gasteiger partial charge on any atom is -0.300 e. The lowest BCUT2D eigenvalue weighted by Gasteiger charge is -2.23. The van der Waals surface area contributed by atoms with Gasteiger partial charge >= 0.3 is 0 Å². The molecule has 0 radical (unpaired) electrons. The Morgan fingerprint density at radius 3 is 2.15 bits per heavy atom. The molecule has 1 nitrogen and oxygen atoms in total. The van der Waals surface area contributed by atoms with Gasteiger partial charge in [0.05, 0.1) is 8.07 Å². The summed E-state index contributed by atoms with van der Waals surface area (Å²) in [4.78, 5) is 11.8. The minimum absolute atomic E-state index is 0.431. The first-order valence-electron chi connectivity index (χ1n) is 5.52. The Morgan fingerprint density at radius 1 is 1.15 bits per heavy atom. The van der Waals surface area contributed by atoms with Crippen molar-refractivity contribution in [1.29, 1.82) is 0 Å². The maximum Gasteiger partial charge on any atom is 0.133 e. The third-order valence-electron chi connectivity index (χ3n) is 2.77. The van der Waals surface area contributed by atoms with E-state index in [9.17, 15) is 4.79 Å². The zero-order valence-corrected chi connectivity index (χ0v) is 10.2. The number of hydrogen-bond donors (Lipinski definition) is 0. The Hall–Kier alpha value is -0.113. The normalized spacial score (nSPS) is 20.2. The van der Waals surface area contributed by atoms with Gasteiger partial charge in [0.1, 0.15) is 5.78 Å². The monoisotopic (exact) mass is 198 g/mol. The summed E-state index contributed by atoms with van der Waals surface area (Å²) in [6.07, 6.45) is 6.24. The summed E-state index contributed by atoms with van der Waals surface area (Å²) in [5, 5.41) is 0.